The summed E-state index contributed by atoms with van der Waals surface area (Å²) in [6.07, 6.45) is 2.35. The van der Waals surface area contributed by atoms with Crippen LogP contribution < -0.4 is 0 Å². The van der Waals surface area contributed by atoms with E-state index < -0.39 is 0 Å². The van der Waals surface area contributed by atoms with E-state index in [0.29, 0.717) is 12.0 Å². The molecule has 0 spiro atoms. The van der Waals surface area contributed by atoms with E-state index in [1.807, 2.05) is 6.92 Å². The minimum atomic E-state index is -0.315. The van der Waals surface area contributed by atoms with Crippen molar-refractivity contribution in [3.05, 3.63) is 12.2 Å². The monoisotopic (exact) mass is 146 g/mol. The molecular formula is C6H10O2S. The number of carbonyl (C=O) groups excluding carboxylic acids is 1. The van der Waals surface area contributed by atoms with Gasteiger partial charge in [0.2, 0.25) is 0 Å². The van der Waals surface area contributed by atoms with Gasteiger partial charge in [-0.15, -0.1) is 0 Å². The van der Waals surface area contributed by atoms with Crippen molar-refractivity contribution in [2.75, 3.05) is 6.26 Å². The van der Waals surface area contributed by atoms with Gasteiger partial charge >= 0.3 is 5.97 Å². The molecule has 3 heteroatoms. The van der Waals surface area contributed by atoms with Gasteiger partial charge in [0.05, 0.1) is 12.0 Å². The molecule has 0 amide bonds. The molecule has 0 rings (SSSR count). The van der Waals surface area contributed by atoms with Gasteiger partial charge in [-0.1, -0.05) is 13.5 Å². The van der Waals surface area contributed by atoms with Crippen molar-refractivity contribution in [3.8, 4) is 0 Å². The zero-order chi connectivity index (χ0) is 7.28. The van der Waals surface area contributed by atoms with Crippen molar-refractivity contribution in [2.45, 2.75) is 13.3 Å². The average molecular weight is 146 g/mol. The number of rotatable bonds is 3. The summed E-state index contributed by atoms with van der Waals surface area (Å²) in [6.45, 7) is 5.37. The molecule has 0 fully saturated rings. The molecule has 0 aliphatic heterocycles. The van der Waals surface area contributed by atoms with Crippen LogP contribution in [0.5, 0.6) is 0 Å². The Hall–Kier alpha value is -0.440. The minimum absolute atomic E-state index is 0.315. The molecule has 0 aliphatic rings. The Morgan fingerprint density at radius 3 is 2.67 bits per heavy atom. The van der Waals surface area contributed by atoms with Crippen LogP contribution in [0.4, 0.5) is 0 Å². The van der Waals surface area contributed by atoms with Crippen LogP contribution in [0.15, 0.2) is 12.2 Å². The maximum atomic E-state index is 10.6. The zero-order valence-electron chi connectivity index (χ0n) is 5.64. The number of hydrogen-bond donors (Lipinski definition) is 0. The summed E-state index contributed by atoms with van der Waals surface area (Å²) in [5.41, 5.74) is 0.518. The maximum Gasteiger partial charge on any atom is 0.345 e. The fourth-order valence-corrected chi connectivity index (χ4v) is 0.548. The van der Waals surface area contributed by atoms with Crippen LogP contribution in [-0.2, 0) is 8.98 Å². The van der Waals surface area contributed by atoms with E-state index in [1.165, 1.54) is 0 Å². The highest BCUT2D eigenvalue weighted by Gasteiger charge is 2.03. The molecule has 2 nitrogen and oxygen atoms in total. The predicted octanol–water partition coefficient (Wildman–Crippen LogP) is 1.77. The number of hydrogen-bond acceptors (Lipinski definition) is 3. The van der Waals surface area contributed by atoms with Gasteiger partial charge in [0.25, 0.3) is 0 Å². The molecule has 0 aromatic carbocycles. The van der Waals surface area contributed by atoms with Crippen molar-refractivity contribution < 1.29 is 8.98 Å². The SMILES string of the molecule is C=C(CC)C(=O)OSC. The van der Waals surface area contributed by atoms with Gasteiger partial charge < -0.3 is 4.18 Å². The Bertz CT molecular complexity index is 120. The van der Waals surface area contributed by atoms with E-state index in [2.05, 4.69) is 10.8 Å². The molecule has 0 atom stereocenters. The lowest BCUT2D eigenvalue weighted by molar-refractivity contribution is -0.128. The van der Waals surface area contributed by atoms with Crippen molar-refractivity contribution >= 4 is 18.0 Å². The number of carbonyl (C=O) groups is 1. The van der Waals surface area contributed by atoms with Crippen LogP contribution in [0.1, 0.15) is 13.3 Å². The highest BCUT2D eigenvalue weighted by atomic mass is 32.2. The Labute approximate surface area is 59.5 Å². The molecule has 0 aromatic rings. The fraction of sp³-hybridized carbons (Fsp3) is 0.500. The first-order valence-corrected chi connectivity index (χ1v) is 3.80. The Morgan fingerprint density at radius 1 is 1.78 bits per heavy atom. The van der Waals surface area contributed by atoms with Crippen molar-refractivity contribution in [1.82, 2.24) is 0 Å². The summed E-state index contributed by atoms with van der Waals surface area (Å²) in [5.74, 6) is -0.315. The third-order valence-corrected chi connectivity index (χ3v) is 1.19. The van der Waals surface area contributed by atoms with Crippen LogP contribution in [0.3, 0.4) is 0 Å². The molecule has 0 aromatic heterocycles. The summed E-state index contributed by atoms with van der Waals surface area (Å²) in [6, 6.07) is 0. The standard InChI is InChI=1S/C6H10O2S/c1-4-5(2)6(7)8-9-3/h2,4H2,1,3H3. The van der Waals surface area contributed by atoms with Gasteiger partial charge in [-0.05, 0) is 6.42 Å². The van der Waals surface area contributed by atoms with E-state index in [0.717, 1.165) is 12.0 Å². The van der Waals surface area contributed by atoms with Crippen LogP contribution in [-0.4, -0.2) is 12.2 Å². The highest BCUT2D eigenvalue weighted by molar-refractivity contribution is 7.94. The summed E-state index contributed by atoms with van der Waals surface area (Å²) in [5, 5.41) is 0. The largest absolute Gasteiger partial charge is 0.388 e. The zero-order valence-corrected chi connectivity index (χ0v) is 6.46. The summed E-state index contributed by atoms with van der Waals surface area (Å²) in [4.78, 5) is 10.6. The molecule has 0 saturated carbocycles. The first-order valence-electron chi connectivity index (χ1n) is 2.65. The Kier molecular flexibility index (Phi) is 4.22. The predicted molar refractivity (Wildman–Crippen MR) is 39.0 cm³/mol. The second kappa shape index (κ2) is 4.44. The summed E-state index contributed by atoms with van der Waals surface area (Å²) in [7, 11) is 0. The first kappa shape index (κ1) is 8.56. The summed E-state index contributed by atoms with van der Waals surface area (Å²) >= 11 is 1.04. The van der Waals surface area contributed by atoms with Crippen molar-refractivity contribution in [2.24, 2.45) is 0 Å². The summed E-state index contributed by atoms with van der Waals surface area (Å²) < 4.78 is 4.57. The maximum absolute atomic E-state index is 10.6. The first-order chi connectivity index (χ1) is 4.22. The smallest absolute Gasteiger partial charge is 0.345 e. The Morgan fingerprint density at radius 2 is 2.33 bits per heavy atom. The molecule has 52 valence electrons. The van der Waals surface area contributed by atoms with Gasteiger partial charge in [0, 0.05) is 11.8 Å². The molecule has 0 unspecified atom stereocenters. The molecule has 0 radical (unpaired) electrons. The molecule has 0 heterocycles. The van der Waals surface area contributed by atoms with Gasteiger partial charge in [-0.2, -0.15) is 0 Å². The van der Waals surface area contributed by atoms with E-state index >= 15 is 0 Å². The second-order valence-corrected chi connectivity index (χ2v) is 1.99. The van der Waals surface area contributed by atoms with Gasteiger partial charge in [-0.25, -0.2) is 4.79 Å². The van der Waals surface area contributed by atoms with Crippen molar-refractivity contribution in [1.29, 1.82) is 0 Å². The second-order valence-electron chi connectivity index (χ2n) is 1.49. The fourth-order valence-electron chi connectivity index (χ4n) is 0.279. The Balaban J connectivity index is 3.60. The molecule has 0 saturated heterocycles. The van der Waals surface area contributed by atoms with Crippen LogP contribution >= 0.6 is 12.0 Å². The topological polar surface area (TPSA) is 26.3 Å². The van der Waals surface area contributed by atoms with Crippen LogP contribution in [0.25, 0.3) is 0 Å². The van der Waals surface area contributed by atoms with Gasteiger partial charge in [0.1, 0.15) is 0 Å². The van der Waals surface area contributed by atoms with Crippen LogP contribution in [0, 0.1) is 0 Å². The van der Waals surface area contributed by atoms with E-state index in [1.54, 1.807) is 6.26 Å². The molecule has 9 heavy (non-hydrogen) atoms. The highest BCUT2D eigenvalue weighted by Crippen LogP contribution is 2.04. The molecule has 0 aliphatic carbocycles. The van der Waals surface area contributed by atoms with Crippen molar-refractivity contribution in [3.63, 3.8) is 0 Å². The molecule has 0 N–H and O–H groups in total. The average Bonchev–Trinajstić information content (AvgIpc) is 1.87. The van der Waals surface area contributed by atoms with E-state index in [-0.39, 0.29) is 5.97 Å². The van der Waals surface area contributed by atoms with Gasteiger partial charge in [0.15, 0.2) is 0 Å². The molecule has 0 bridgehead atoms. The minimum Gasteiger partial charge on any atom is -0.388 e. The quantitative estimate of drug-likeness (QED) is 0.448. The lowest BCUT2D eigenvalue weighted by Crippen LogP contribution is -2.00. The third kappa shape index (κ3) is 3.19. The normalized spacial score (nSPS) is 8.67. The lowest BCUT2D eigenvalue weighted by atomic mass is 10.2. The molecular weight excluding hydrogens is 136 g/mol. The van der Waals surface area contributed by atoms with E-state index in [9.17, 15) is 4.79 Å². The van der Waals surface area contributed by atoms with E-state index in [4.69, 9.17) is 0 Å². The van der Waals surface area contributed by atoms with Crippen LogP contribution in [0.2, 0.25) is 0 Å². The lowest BCUT2D eigenvalue weighted by Gasteiger charge is -1.97. The van der Waals surface area contributed by atoms with Gasteiger partial charge in [-0.3, -0.25) is 0 Å². The third-order valence-electron chi connectivity index (χ3n) is 0.874.